The summed E-state index contributed by atoms with van der Waals surface area (Å²) in [5, 5.41) is 16.6. The highest BCUT2D eigenvalue weighted by atomic mass is 16.5. The van der Waals surface area contributed by atoms with Gasteiger partial charge in [-0.05, 0) is 44.2 Å². The van der Waals surface area contributed by atoms with E-state index in [1.807, 2.05) is 18.3 Å². The molecule has 1 fully saturated rings. The van der Waals surface area contributed by atoms with Gasteiger partial charge >= 0.3 is 0 Å². The van der Waals surface area contributed by atoms with Gasteiger partial charge in [-0.1, -0.05) is 11.2 Å². The SMILES string of the molecule is Cc1cc(C(=O)N[C@@H]2CN(C(=O)CCCCc3cccnc3)CC[C@H]2O)no1. The Kier molecular flexibility index (Phi) is 6.76. The number of unbranched alkanes of at least 4 members (excludes halogenated alkanes) is 1. The van der Waals surface area contributed by atoms with Gasteiger partial charge in [-0.2, -0.15) is 0 Å². The van der Waals surface area contributed by atoms with E-state index in [4.69, 9.17) is 4.52 Å². The minimum Gasteiger partial charge on any atom is -0.391 e. The molecule has 0 bridgehead atoms. The van der Waals surface area contributed by atoms with Crippen LogP contribution in [0.25, 0.3) is 0 Å². The number of piperidine rings is 1. The molecule has 28 heavy (non-hydrogen) atoms. The minimum absolute atomic E-state index is 0.0506. The second-order valence-electron chi connectivity index (χ2n) is 7.17. The van der Waals surface area contributed by atoms with E-state index in [2.05, 4.69) is 15.5 Å². The lowest BCUT2D eigenvalue weighted by Crippen LogP contribution is -2.56. The van der Waals surface area contributed by atoms with Gasteiger partial charge in [0.05, 0.1) is 12.1 Å². The van der Waals surface area contributed by atoms with Gasteiger partial charge in [0.2, 0.25) is 5.91 Å². The number of aromatic nitrogens is 2. The molecule has 0 aliphatic carbocycles. The van der Waals surface area contributed by atoms with Crippen LogP contribution in [0, 0.1) is 6.92 Å². The highest BCUT2D eigenvalue weighted by Gasteiger charge is 2.31. The highest BCUT2D eigenvalue weighted by Crippen LogP contribution is 2.15. The summed E-state index contributed by atoms with van der Waals surface area (Å²) in [6.07, 6.45) is 6.40. The maximum Gasteiger partial charge on any atom is 0.273 e. The van der Waals surface area contributed by atoms with Gasteiger partial charge in [0.25, 0.3) is 5.91 Å². The number of carbonyl (C=O) groups is 2. The van der Waals surface area contributed by atoms with Gasteiger partial charge in [-0.3, -0.25) is 14.6 Å². The van der Waals surface area contributed by atoms with Gasteiger partial charge in [0.1, 0.15) is 5.76 Å². The van der Waals surface area contributed by atoms with E-state index in [-0.39, 0.29) is 11.6 Å². The molecule has 3 heterocycles. The molecule has 150 valence electrons. The first-order chi connectivity index (χ1) is 13.5. The van der Waals surface area contributed by atoms with Crippen molar-refractivity contribution in [1.29, 1.82) is 0 Å². The summed E-state index contributed by atoms with van der Waals surface area (Å²) in [4.78, 5) is 30.6. The van der Waals surface area contributed by atoms with Crippen LogP contribution in [0.3, 0.4) is 0 Å². The van der Waals surface area contributed by atoms with Crippen molar-refractivity contribution >= 4 is 11.8 Å². The minimum atomic E-state index is -0.688. The zero-order valence-electron chi connectivity index (χ0n) is 16.0. The molecule has 1 saturated heterocycles. The Bertz CT molecular complexity index is 793. The Morgan fingerprint density at radius 1 is 1.39 bits per heavy atom. The molecule has 2 aromatic heterocycles. The van der Waals surface area contributed by atoms with E-state index in [1.54, 1.807) is 18.0 Å². The first-order valence-electron chi connectivity index (χ1n) is 9.62. The van der Waals surface area contributed by atoms with E-state index < -0.39 is 18.1 Å². The number of carbonyl (C=O) groups excluding carboxylic acids is 2. The summed E-state index contributed by atoms with van der Waals surface area (Å²) in [5.41, 5.74) is 1.34. The number of amides is 2. The summed E-state index contributed by atoms with van der Waals surface area (Å²) in [6.45, 7) is 2.50. The lowest BCUT2D eigenvalue weighted by molar-refractivity contribution is -0.134. The van der Waals surface area contributed by atoms with Crippen molar-refractivity contribution < 1.29 is 19.2 Å². The summed E-state index contributed by atoms with van der Waals surface area (Å²) in [5.74, 6) is 0.179. The fraction of sp³-hybridized carbons (Fsp3) is 0.500. The van der Waals surface area contributed by atoms with Gasteiger partial charge in [-0.15, -0.1) is 0 Å². The summed E-state index contributed by atoms with van der Waals surface area (Å²) < 4.78 is 4.91. The first kappa shape index (κ1) is 20.0. The fourth-order valence-electron chi connectivity index (χ4n) is 3.33. The Morgan fingerprint density at radius 3 is 2.96 bits per heavy atom. The first-order valence-corrected chi connectivity index (χ1v) is 9.62. The van der Waals surface area contributed by atoms with Crippen molar-refractivity contribution in [2.75, 3.05) is 13.1 Å². The van der Waals surface area contributed by atoms with Crippen molar-refractivity contribution in [3.8, 4) is 0 Å². The number of aliphatic hydroxyl groups is 1. The van der Waals surface area contributed by atoms with Gasteiger partial charge < -0.3 is 19.8 Å². The monoisotopic (exact) mass is 386 g/mol. The predicted molar refractivity (Wildman–Crippen MR) is 101 cm³/mol. The standard InChI is InChI=1S/C20H26N4O4/c1-14-11-16(23-28-14)20(27)22-17-13-24(10-8-18(17)25)19(26)7-3-2-5-15-6-4-9-21-12-15/h4,6,9,11-12,17-18,25H,2-3,5,7-8,10,13H2,1H3,(H,22,27)/t17-,18-/m1/s1. The number of aryl methyl sites for hydroxylation is 2. The quantitative estimate of drug-likeness (QED) is 0.698. The van der Waals surface area contributed by atoms with Crippen LogP contribution < -0.4 is 5.32 Å². The molecule has 1 aliphatic heterocycles. The molecule has 8 nitrogen and oxygen atoms in total. The molecule has 0 aromatic carbocycles. The number of nitrogens with zero attached hydrogens (tertiary/aromatic N) is 3. The molecule has 0 spiro atoms. The summed E-state index contributed by atoms with van der Waals surface area (Å²) in [6, 6.07) is 4.96. The fourth-order valence-corrected chi connectivity index (χ4v) is 3.33. The van der Waals surface area contributed by atoms with Crippen LogP contribution in [-0.4, -0.2) is 57.2 Å². The molecular weight excluding hydrogens is 360 g/mol. The van der Waals surface area contributed by atoms with Crippen LogP contribution >= 0.6 is 0 Å². The van der Waals surface area contributed by atoms with Crippen molar-refractivity contribution in [2.24, 2.45) is 0 Å². The Morgan fingerprint density at radius 2 is 2.25 bits per heavy atom. The number of rotatable bonds is 7. The van der Waals surface area contributed by atoms with E-state index in [0.29, 0.717) is 31.7 Å². The van der Waals surface area contributed by atoms with Crippen molar-refractivity contribution in [3.05, 3.63) is 47.6 Å². The van der Waals surface area contributed by atoms with Crippen LogP contribution in [-0.2, 0) is 11.2 Å². The number of hydrogen-bond donors (Lipinski definition) is 2. The average molecular weight is 386 g/mol. The molecule has 0 radical (unpaired) electrons. The van der Waals surface area contributed by atoms with Crippen LogP contribution in [0.5, 0.6) is 0 Å². The third kappa shape index (κ3) is 5.39. The maximum absolute atomic E-state index is 12.5. The van der Waals surface area contributed by atoms with Crippen molar-refractivity contribution in [2.45, 2.75) is 51.2 Å². The van der Waals surface area contributed by atoms with Crippen LogP contribution in [0.4, 0.5) is 0 Å². The average Bonchev–Trinajstić information content (AvgIpc) is 3.14. The predicted octanol–water partition coefficient (Wildman–Crippen LogP) is 1.48. The molecule has 0 saturated carbocycles. The zero-order chi connectivity index (χ0) is 19.9. The Hall–Kier alpha value is -2.74. The third-order valence-corrected chi connectivity index (χ3v) is 4.94. The molecular formula is C20H26N4O4. The molecule has 0 unspecified atom stereocenters. The van der Waals surface area contributed by atoms with E-state index >= 15 is 0 Å². The van der Waals surface area contributed by atoms with Crippen molar-refractivity contribution in [3.63, 3.8) is 0 Å². The molecule has 8 heteroatoms. The van der Waals surface area contributed by atoms with Crippen LogP contribution in [0.2, 0.25) is 0 Å². The molecule has 2 aromatic rings. The maximum atomic E-state index is 12.5. The highest BCUT2D eigenvalue weighted by molar-refractivity contribution is 5.92. The lowest BCUT2D eigenvalue weighted by atomic mass is 10.0. The summed E-state index contributed by atoms with van der Waals surface area (Å²) >= 11 is 0. The lowest BCUT2D eigenvalue weighted by Gasteiger charge is -2.36. The second-order valence-corrected chi connectivity index (χ2v) is 7.17. The van der Waals surface area contributed by atoms with E-state index in [9.17, 15) is 14.7 Å². The smallest absolute Gasteiger partial charge is 0.273 e. The zero-order valence-corrected chi connectivity index (χ0v) is 16.0. The number of nitrogens with one attached hydrogen (secondary N) is 1. The van der Waals surface area contributed by atoms with Crippen LogP contribution in [0.15, 0.2) is 35.1 Å². The van der Waals surface area contributed by atoms with E-state index in [1.165, 1.54) is 11.6 Å². The normalized spacial score (nSPS) is 19.4. The molecule has 3 rings (SSSR count). The van der Waals surface area contributed by atoms with Gasteiger partial charge in [-0.25, -0.2) is 0 Å². The topological polar surface area (TPSA) is 109 Å². The number of pyridine rings is 1. The molecule has 2 N–H and O–H groups in total. The van der Waals surface area contributed by atoms with Crippen molar-refractivity contribution in [1.82, 2.24) is 20.4 Å². The third-order valence-electron chi connectivity index (χ3n) is 4.94. The number of hydrogen-bond acceptors (Lipinski definition) is 6. The second kappa shape index (κ2) is 9.45. The largest absolute Gasteiger partial charge is 0.391 e. The Labute approximate surface area is 163 Å². The van der Waals surface area contributed by atoms with Gasteiger partial charge in [0.15, 0.2) is 5.69 Å². The van der Waals surface area contributed by atoms with Crippen LogP contribution in [0.1, 0.15) is 47.5 Å². The summed E-state index contributed by atoms with van der Waals surface area (Å²) in [7, 11) is 0. The Balaban J connectivity index is 1.45. The molecule has 1 aliphatic rings. The number of aliphatic hydroxyl groups excluding tert-OH is 1. The van der Waals surface area contributed by atoms with E-state index in [0.717, 1.165) is 19.3 Å². The van der Waals surface area contributed by atoms with Gasteiger partial charge in [0, 0.05) is 38.0 Å². The molecule has 2 amide bonds. The number of likely N-dealkylation sites (tertiary alicyclic amines) is 1. The molecule has 2 atom stereocenters.